The molecule has 2 amide bonds. The molecule has 0 aliphatic carbocycles. The van der Waals surface area contributed by atoms with Gasteiger partial charge < -0.3 is 9.80 Å². The fraction of sp³-hybridized carbons (Fsp3) is 0.800. The summed E-state index contributed by atoms with van der Waals surface area (Å²) in [6, 6.07) is 2.19. The third-order valence-corrected chi connectivity index (χ3v) is 2.47. The van der Waals surface area contributed by atoms with E-state index in [2.05, 4.69) is 6.07 Å². The van der Waals surface area contributed by atoms with Crippen LogP contribution in [0, 0.1) is 17.2 Å². The number of nitrogens with zero attached hydrogens (tertiary/aromatic N) is 3. The summed E-state index contributed by atoms with van der Waals surface area (Å²) in [5.41, 5.74) is 0. The third kappa shape index (κ3) is 2.63. The summed E-state index contributed by atoms with van der Waals surface area (Å²) in [5.74, 6) is -0.0912. The molecule has 4 heteroatoms. The quantitative estimate of drug-likeness (QED) is 0.666. The van der Waals surface area contributed by atoms with Crippen molar-refractivity contribution >= 4 is 6.03 Å². The Labute approximate surface area is 85.1 Å². The minimum atomic E-state index is -0.0912. The zero-order chi connectivity index (χ0) is 10.6. The average Bonchev–Trinajstić information content (AvgIpc) is 2.69. The zero-order valence-electron chi connectivity index (χ0n) is 8.86. The van der Waals surface area contributed by atoms with Crippen LogP contribution < -0.4 is 0 Å². The highest BCUT2D eigenvalue weighted by Gasteiger charge is 2.21. The van der Waals surface area contributed by atoms with Crippen LogP contribution in [0.3, 0.4) is 0 Å². The highest BCUT2D eigenvalue weighted by atomic mass is 16.2. The van der Waals surface area contributed by atoms with Crippen molar-refractivity contribution in [3.63, 3.8) is 0 Å². The first-order valence-corrected chi connectivity index (χ1v) is 5.05. The van der Waals surface area contributed by atoms with Gasteiger partial charge in [-0.2, -0.15) is 5.26 Å². The van der Waals surface area contributed by atoms with Gasteiger partial charge in [-0.25, -0.2) is 4.79 Å². The van der Waals surface area contributed by atoms with Crippen LogP contribution >= 0.6 is 0 Å². The maximum Gasteiger partial charge on any atom is 0.319 e. The van der Waals surface area contributed by atoms with Gasteiger partial charge in [-0.1, -0.05) is 0 Å². The molecule has 1 aliphatic rings. The lowest BCUT2D eigenvalue weighted by Crippen LogP contribution is -2.41. The number of nitriles is 1. The van der Waals surface area contributed by atoms with Gasteiger partial charge in [0, 0.05) is 26.7 Å². The number of urea groups is 1. The molecule has 4 nitrogen and oxygen atoms in total. The van der Waals surface area contributed by atoms with E-state index in [4.69, 9.17) is 5.26 Å². The van der Waals surface area contributed by atoms with E-state index in [1.54, 1.807) is 11.9 Å². The summed E-state index contributed by atoms with van der Waals surface area (Å²) in [6.07, 6.45) is 2.21. The summed E-state index contributed by atoms with van der Waals surface area (Å²) in [6.45, 7) is 4.08. The van der Waals surface area contributed by atoms with E-state index in [-0.39, 0.29) is 11.9 Å². The van der Waals surface area contributed by atoms with Crippen molar-refractivity contribution in [1.29, 1.82) is 5.26 Å². The first-order chi connectivity index (χ1) is 6.65. The van der Waals surface area contributed by atoms with E-state index in [9.17, 15) is 4.79 Å². The van der Waals surface area contributed by atoms with Crippen molar-refractivity contribution in [2.75, 3.05) is 26.7 Å². The molecule has 1 unspecified atom stereocenters. The molecule has 78 valence electrons. The van der Waals surface area contributed by atoms with E-state index in [1.807, 2.05) is 11.8 Å². The van der Waals surface area contributed by atoms with Gasteiger partial charge in [0.2, 0.25) is 0 Å². The lowest BCUT2D eigenvalue weighted by atomic mass is 10.2. The summed E-state index contributed by atoms with van der Waals surface area (Å²) in [5, 5.41) is 8.63. The molecular weight excluding hydrogens is 178 g/mol. The Balaban J connectivity index is 2.40. The molecule has 0 aromatic rings. The number of hydrogen-bond donors (Lipinski definition) is 0. The van der Waals surface area contributed by atoms with Crippen LogP contribution in [0.2, 0.25) is 0 Å². The van der Waals surface area contributed by atoms with Crippen molar-refractivity contribution in [1.82, 2.24) is 9.80 Å². The van der Waals surface area contributed by atoms with Crippen molar-refractivity contribution in [2.24, 2.45) is 5.92 Å². The van der Waals surface area contributed by atoms with E-state index in [0.29, 0.717) is 6.54 Å². The number of carbonyl (C=O) groups is 1. The molecular formula is C10H17N3O. The molecule has 1 saturated heterocycles. The number of carbonyl (C=O) groups excluding carboxylic acids is 1. The Hall–Kier alpha value is -1.24. The topological polar surface area (TPSA) is 47.3 Å². The molecule has 1 aliphatic heterocycles. The SMILES string of the molecule is CC(C#N)CN(C)C(=O)N1CCCC1. The minimum absolute atomic E-state index is 0.0598. The molecule has 1 rings (SSSR count). The third-order valence-electron chi connectivity index (χ3n) is 2.47. The summed E-state index contributed by atoms with van der Waals surface area (Å²) in [4.78, 5) is 15.2. The van der Waals surface area contributed by atoms with Gasteiger partial charge in [-0.05, 0) is 19.8 Å². The Morgan fingerprint density at radius 3 is 2.64 bits per heavy atom. The van der Waals surface area contributed by atoms with Crippen molar-refractivity contribution in [3.05, 3.63) is 0 Å². The molecule has 0 bridgehead atoms. The monoisotopic (exact) mass is 195 g/mol. The van der Waals surface area contributed by atoms with Crippen LogP contribution in [0.25, 0.3) is 0 Å². The molecule has 0 saturated carbocycles. The van der Waals surface area contributed by atoms with Gasteiger partial charge in [0.05, 0.1) is 12.0 Å². The first kappa shape index (κ1) is 10.8. The molecule has 0 aromatic heterocycles. The van der Waals surface area contributed by atoms with Crippen LogP contribution in [0.5, 0.6) is 0 Å². The van der Waals surface area contributed by atoms with Gasteiger partial charge in [0.15, 0.2) is 0 Å². The smallest absolute Gasteiger partial charge is 0.319 e. The van der Waals surface area contributed by atoms with Crippen LogP contribution in [0.1, 0.15) is 19.8 Å². The maximum absolute atomic E-state index is 11.7. The summed E-state index contributed by atoms with van der Waals surface area (Å²) in [7, 11) is 1.76. The van der Waals surface area contributed by atoms with Gasteiger partial charge in [-0.15, -0.1) is 0 Å². The Kier molecular flexibility index (Phi) is 3.75. The zero-order valence-corrected chi connectivity index (χ0v) is 8.86. The van der Waals surface area contributed by atoms with E-state index >= 15 is 0 Å². The minimum Gasteiger partial charge on any atom is -0.326 e. The Morgan fingerprint density at radius 1 is 1.57 bits per heavy atom. The lowest BCUT2D eigenvalue weighted by Gasteiger charge is -2.24. The van der Waals surface area contributed by atoms with Crippen LogP contribution in [-0.4, -0.2) is 42.5 Å². The highest BCUT2D eigenvalue weighted by molar-refractivity contribution is 5.74. The van der Waals surface area contributed by atoms with E-state index in [0.717, 1.165) is 25.9 Å². The standard InChI is InChI=1S/C10H17N3O/c1-9(7-11)8-12(2)10(14)13-5-3-4-6-13/h9H,3-6,8H2,1-2H3. The number of hydrogen-bond acceptors (Lipinski definition) is 2. The van der Waals surface area contributed by atoms with Gasteiger partial charge in [-0.3, -0.25) is 0 Å². The van der Waals surface area contributed by atoms with E-state index < -0.39 is 0 Å². The number of likely N-dealkylation sites (tertiary alicyclic amines) is 1. The summed E-state index contributed by atoms with van der Waals surface area (Å²) < 4.78 is 0. The molecule has 1 atom stereocenters. The second-order valence-corrected chi connectivity index (χ2v) is 3.89. The van der Waals surface area contributed by atoms with Crippen LogP contribution in [0.4, 0.5) is 4.79 Å². The van der Waals surface area contributed by atoms with Crippen molar-refractivity contribution in [2.45, 2.75) is 19.8 Å². The average molecular weight is 195 g/mol. The highest BCUT2D eigenvalue weighted by Crippen LogP contribution is 2.10. The Bertz CT molecular complexity index is 240. The maximum atomic E-state index is 11.7. The second-order valence-electron chi connectivity index (χ2n) is 3.89. The largest absolute Gasteiger partial charge is 0.326 e. The van der Waals surface area contributed by atoms with Crippen LogP contribution in [-0.2, 0) is 0 Å². The molecule has 14 heavy (non-hydrogen) atoms. The van der Waals surface area contributed by atoms with Gasteiger partial charge >= 0.3 is 6.03 Å². The lowest BCUT2D eigenvalue weighted by molar-refractivity contribution is 0.170. The molecule has 0 radical (unpaired) electrons. The predicted octanol–water partition coefficient (Wildman–Crippen LogP) is 1.29. The normalized spacial score (nSPS) is 17.6. The second kappa shape index (κ2) is 4.85. The number of rotatable bonds is 2. The molecule has 0 spiro atoms. The van der Waals surface area contributed by atoms with Crippen molar-refractivity contribution in [3.8, 4) is 6.07 Å². The van der Waals surface area contributed by atoms with Gasteiger partial charge in [0.25, 0.3) is 0 Å². The molecule has 1 heterocycles. The van der Waals surface area contributed by atoms with Crippen LogP contribution in [0.15, 0.2) is 0 Å². The predicted molar refractivity (Wildman–Crippen MR) is 53.6 cm³/mol. The van der Waals surface area contributed by atoms with E-state index in [1.165, 1.54) is 0 Å². The van der Waals surface area contributed by atoms with Gasteiger partial charge in [0.1, 0.15) is 0 Å². The summed E-state index contributed by atoms with van der Waals surface area (Å²) >= 11 is 0. The Morgan fingerprint density at radius 2 is 2.14 bits per heavy atom. The molecule has 0 N–H and O–H groups in total. The first-order valence-electron chi connectivity index (χ1n) is 5.05. The fourth-order valence-corrected chi connectivity index (χ4v) is 1.68. The van der Waals surface area contributed by atoms with Crippen molar-refractivity contribution < 1.29 is 4.79 Å². The number of amides is 2. The molecule has 0 aromatic carbocycles. The molecule has 1 fully saturated rings. The fourth-order valence-electron chi connectivity index (χ4n) is 1.68.